The van der Waals surface area contributed by atoms with Crippen LogP contribution < -0.4 is 5.32 Å². The third-order valence-corrected chi connectivity index (χ3v) is 3.41. The van der Waals surface area contributed by atoms with Crippen molar-refractivity contribution >= 4 is 23.3 Å². The van der Waals surface area contributed by atoms with E-state index in [4.69, 9.17) is 9.47 Å². The van der Waals surface area contributed by atoms with Crippen LogP contribution in [-0.4, -0.2) is 36.5 Å². The van der Waals surface area contributed by atoms with Crippen molar-refractivity contribution in [1.82, 2.24) is 0 Å². The van der Waals surface area contributed by atoms with E-state index in [2.05, 4.69) is 5.32 Å². The predicted molar refractivity (Wildman–Crippen MR) is 79.6 cm³/mol. The SMILES string of the molecule is CC(=O)c1ccc(NC(=O)[C@@H](C)OC(=O)[C@@H]2CCCO2)cc1. The van der Waals surface area contributed by atoms with E-state index in [1.54, 1.807) is 24.3 Å². The van der Waals surface area contributed by atoms with E-state index in [0.717, 1.165) is 6.42 Å². The summed E-state index contributed by atoms with van der Waals surface area (Å²) in [5.41, 5.74) is 1.10. The highest BCUT2D eigenvalue weighted by Crippen LogP contribution is 2.15. The van der Waals surface area contributed by atoms with Gasteiger partial charge in [0.25, 0.3) is 5.91 Å². The van der Waals surface area contributed by atoms with Crippen molar-refractivity contribution in [3.8, 4) is 0 Å². The molecule has 1 saturated heterocycles. The fourth-order valence-electron chi connectivity index (χ4n) is 2.10. The van der Waals surface area contributed by atoms with Gasteiger partial charge in [-0.15, -0.1) is 0 Å². The number of carbonyl (C=O) groups is 3. The molecule has 0 aliphatic carbocycles. The molecule has 118 valence electrons. The maximum atomic E-state index is 12.0. The van der Waals surface area contributed by atoms with E-state index in [1.807, 2.05) is 0 Å². The summed E-state index contributed by atoms with van der Waals surface area (Å²) >= 11 is 0. The molecule has 0 unspecified atom stereocenters. The molecule has 1 fully saturated rings. The number of rotatable bonds is 5. The predicted octanol–water partition coefficient (Wildman–Crippen LogP) is 1.94. The van der Waals surface area contributed by atoms with Crippen LogP contribution in [0.4, 0.5) is 5.69 Å². The number of ketones is 1. The topological polar surface area (TPSA) is 81.7 Å². The summed E-state index contributed by atoms with van der Waals surface area (Å²) in [6.07, 6.45) is -0.0306. The summed E-state index contributed by atoms with van der Waals surface area (Å²) in [5, 5.41) is 2.64. The monoisotopic (exact) mass is 305 g/mol. The van der Waals surface area contributed by atoms with E-state index in [1.165, 1.54) is 13.8 Å². The summed E-state index contributed by atoms with van der Waals surface area (Å²) in [6, 6.07) is 6.51. The summed E-state index contributed by atoms with van der Waals surface area (Å²) in [4.78, 5) is 34.9. The Kier molecular flexibility index (Phi) is 5.27. The van der Waals surface area contributed by atoms with E-state index in [0.29, 0.717) is 24.3 Å². The summed E-state index contributed by atoms with van der Waals surface area (Å²) in [6.45, 7) is 3.52. The molecule has 1 heterocycles. The molecular weight excluding hydrogens is 286 g/mol. The minimum atomic E-state index is -0.913. The molecule has 1 aliphatic rings. The molecule has 22 heavy (non-hydrogen) atoms. The molecule has 0 saturated carbocycles. The minimum Gasteiger partial charge on any atom is -0.451 e. The second-order valence-corrected chi connectivity index (χ2v) is 5.20. The minimum absolute atomic E-state index is 0.0447. The molecule has 2 rings (SSSR count). The standard InChI is InChI=1S/C16H19NO5/c1-10(18)12-5-7-13(8-6-12)17-15(19)11(2)22-16(20)14-4-3-9-21-14/h5-8,11,14H,3-4,9H2,1-2H3,(H,17,19)/t11-,14+/m1/s1. The highest BCUT2D eigenvalue weighted by Gasteiger charge is 2.28. The molecule has 6 heteroatoms. The van der Waals surface area contributed by atoms with Gasteiger partial charge in [-0.2, -0.15) is 0 Å². The smallest absolute Gasteiger partial charge is 0.336 e. The molecule has 6 nitrogen and oxygen atoms in total. The average Bonchev–Trinajstić information content (AvgIpc) is 3.02. The van der Waals surface area contributed by atoms with Crippen LogP contribution in [0.2, 0.25) is 0 Å². The molecule has 1 aliphatic heterocycles. The Bertz CT molecular complexity index is 560. The van der Waals surface area contributed by atoms with Crippen LogP contribution >= 0.6 is 0 Å². The fraction of sp³-hybridized carbons (Fsp3) is 0.438. The number of hydrogen-bond acceptors (Lipinski definition) is 5. The van der Waals surface area contributed by atoms with Crippen molar-refractivity contribution in [2.45, 2.75) is 38.9 Å². The molecule has 1 aromatic carbocycles. The maximum absolute atomic E-state index is 12.0. The van der Waals surface area contributed by atoms with E-state index >= 15 is 0 Å². The van der Waals surface area contributed by atoms with Crippen LogP contribution in [0.3, 0.4) is 0 Å². The van der Waals surface area contributed by atoms with Gasteiger partial charge in [-0.05, 0) is 51.0 Å². The Morgan fingerprint density at radius 3 is 2.50 bits per heavy atom. The molecule has 0 radical (unpaired) electrons. The normalized spacial score (nSPS) is 18.5. The molecule has 1 aromatic rings. The van der Waals surface area contributed by atoms with Gasteiger partial charge in [0.15, 0.2) is 18.0 Å². The van der Waals surface area contributed by atoms with Gasteiger partial charge in [0.1, 0.15) is 0 Å². The van der Waals surface area contributed by atoms with Gasteiger partial charge in [-0.3, -0.25) is 9.59 Å². The van der Waals surface area contributed by atoms with Gasteiger partial charge in [0, 0.05) is 17.9 Å². The van der Waals surface area contributed by atoms with E-state index < -0.39 is 24.1 Å². The van der Waals surface area contributed by atoms with Crippen molar-refractivity contribution in [3.05, 3.63) is 29.8 Å². The first-order chi connectivity index (χ1) is 10.5. The van der Waals surface area contributed by atoms with Gasteiger partial charge < -0.3 is 14.8 Å². The molecule has 0 bridgehead atoms. The first-order valence-corrected chi connectivity index (χ1v) is 7.21. The third-order valence-electron chi connectivity index (χ3n) is 3.41. The first kappa shape index (κ1) is 16.2. The Balaban J connectivity index is 1.87. The number of benzene rings is 1. The zero-order valence-electron chi connectivity index (χ0n) is 12.6. The second-order valence-electron chi connectivity index (χ2n) is 5.20. The van der Waals surface area contributed by atoms with Crippen molar-refractivity contribution in [1.29, 1.82) is 0 Å². The number of Topliss-reactive ketones (excluding diaryl/α,β-unsaturated/α-hetero) is 1. The van der Waals surface area contributed by atoms with Crippen LogP contribution in [0.1, 0.15) is 37.0 Å². The number of ether oxygens (including phenoxy) is 2. The lowest BCUT2D eigenvalue weighted by Crippen LogP contribution is -2.33. The van der Waals surface area contributed by atoms with Crippen molar-refractivity contribution in [3.63, 3.8) is 0 Å². The quantitative estimate of drug-likeness (QED) is 0.664. The Labute approximate surface area is 128 Å². The number of nitrogens with one attached hydrogen (secondary N) is 1. The molecular formula is C16H19NO5. The van der Waals surface area contributed by atoms with Crippen LogP contribution in [-0.2, 0) is 19.1 Å². The highest BCUT2D eigenvalue weighted by atomic mass is 16.6. The fourth-order valence-corrected chi connectivity index (χ4v) is 2.10. The summed E-state index contributed by atoms with van der Waals surface area (Å²) in [5.74, 6) is -0.981. The zero-order chi connectivity index (χ0) is 16.1. The first-order valence-electron chi connectivity index (χ1n) is 7.21. The number of esters is 1. The lowest BCUT2D eigenvalue weighted by Gasteiger charge is -2.16. The largest absolute Gasteiger partial charge is 0.451 e. The van der Waals surface area contributed by atoms with E-state index in [-0.39, 0.29) is 5.78 Å². The summed E-state index contributed by atoms with van der Waals surface area (Å²) in [7, 11) is 0. The van der Waals surface area contributed by atoms with Crippen molar-refractivity contribution < 1.29 is 23.9 Å². The molecule has 0 spiro atoms. The van der Waals surface area contributed by atoms with Crippen LogP contribution in [0, 0.1) is 0 Å². The Morgan fingerprint density at radius 1 is 1.27 bits per heavy atom. The van der Waals surface area contributed by atoms with Gasteiger partial charge in [0.05, 0.1) is 0 Å². The zero-order valence-corrected chi connectivity index (χ0v) is 12.6. The van der Waals surface area contributed by atoms with Gasteiger partial charge in [-0.1, -0.05) is 0 Å². The molecule has 2 atom stereocenters. The van der Waals surface area contributed by atoms with Crippen LogP contribution in [0.25, 0.3) is 0 Å². The van der Waals surface area contributed by atoms with Gasteiger partial charge in [0.2, 0.25) is 0 Å². The van der Waals surface area contributed by atoms with Crippen molar-refractivity contribution in [2.24, 2.45) is 0 Å². The number of anilines is 1. The molecule has 1 amide bonds. The lowest BCUT2D eigenvalue weighted by atomic mass is 10.1. The Hall–Kier alpha value is -2.21. The summed E-state index contributed by atoms with van der Waals surface area (Å²) < 4.78 is 10.3. The number of carbonyl (C=O) groups excluding carboxylic acids is 3. The highest BCUT2D eigenvalue weighted by molar-refractivity contribution is 5.97. The maximum Gasteiger partial charge on any atom is 0.336 e. The van der Waals surface area contributed by atoms with E-state index in [9.17, 15) is 14.4 Å². The average molecular weight is 305 g/mol. The molecule has 1 N–H and O–H groups in total. The van der Waals surface area contributed by atoms with Gasteiger partial charge in [-0.25, -0.2) is 4.79 Å². The number of hydrogen-bond donors (Lipinski definition) is 1. The van der Waals surface area contributed by atoms with Crippen LogP contribution in [0.15, 0.2) is 24.3 Å². The van der Waals surface area contributed by atoms with Crippen molar-refractivity contribution in [2.75, 3.05) is 11.9 Å². The molecule has 0 aromatic heterocycles. The third kappa shape index (κ3) is 4.14. The lowest BCUT2D eigenvalue weighted by molar-refractivity contribution is -0.162. The number of amides is 1. The Morgan fingerprint density at radius 2 is 1.95 bits per heavy atom. The second kappa shape index (κ2) is 7.17. The van der Waals surface area contributed by atoms with Gasteiger partial charge >= 0.3 is 5.97 Å². The van der Waals surface area contributed by atoms with Crippen LogP contribution in [0.5, 0.6) is 0 Å².